The van der Waals surface area contributed by atoms with Crippen LogP contribution in [0.1, 0.15) is 17.3 Å². The van der Waals surface area contributed by atoms with E-state index < -0.39 is 5.97 Å². The monoisotopic (exact) mass is 206 g/mol. The van der Waals surface area contributed by atoms with Gasteiger partial charge in [-0.1, -0.05) is 0 Å². The maximum atomic E-state index is 11.2. The molecule has 0 aliphatic carbocycles. The van der Waals surface area contributed by atoms with Crippen molar-refractivity contribution in [3.63, 3.8) is 0 Å². The molecule has 0 aromatic carbocycles. The van der Waals surface area contributed by atoms with Crippen LogP contribution in [0.2, 0.25) is 0 Å². The van der Waals surface area contributed by atoms with Gasteiger partial charge in [-0.3, -0.25) is 10.9 Å². The smallest absolute Gasteiger partial charge is 0.339 e. The largest absolute Gasteiger partial charge is 0.465 e. The lowest BCUT2D eigenvalue weighted by atomic mass is 10.2. The van der Waals surface area contributed by atoms with Crippen LogP contribution in [-0.2, 0) is 4.74 Å². The number of rotatable bonds is 1. The average molecular weight is 206 g/mol. The first-order valence-electron chi connectivity index (χ1n) is 4.36. The van der Waals surface area contributed by atoms with Crippen molar-refractivity contribution in [3.05, 3.63) is 17.8 Å². The lowest BCUT2D eigenvalue weighted by molar-refractivity contribution is 0.0600. The Bertz CT molecular complexity index is 442. The first kappa shape index (κ1) is 9.45. The molecular formula is C9H10N4O2. The second-order valence-corrected chi connectivity index (χ2v) is 3.03. The molecule has 2 heterocycles. The van der Waals surface area contributed by atoms with Crippen molar-refractivity contribution in [2.75, 3.05) is 12.5 Å². The molecule has 0 unspecified atom stereocenters. The fraction of sp³-hybridized carbons (Fsp3) is 0.222. The van der Waals surface area contributed by atoms with E-state index in [1.54, 1.807) is 13.0 Å². The molecule has 0 saturated heterocycles. The van der Waals surface area contributed by atoms with Crippen molar-refractivity contribution in [2.45, 2.75) is 6.92 Å². The Balaban J connectivity index is 2.42. The highest BCUT2D eigenvalue weighted by Crippen LogP contribution is 2.25. The third-order valence-corrected chi connectivity index (χ3v) is 1.94. The molecule has 0 bridgehead atoms. The fourth-order valence-electron chi connectivity index (χ4n) is 1.22. The number of aliphatic imine (C=N–C) groups is 1. The van der Waals surface area contributed by atoms with Gasteiger partial charge in [0.1, 0.15) is 11.5 Å². The number of nitrogens with zero attached hydrogens (tertiary/aromatic N) is 2. The number of methoxy groups -OCH3 is 1. The molecule has 1 aliphatic heterocycles. The Kier molecular flexibility index (Phi) is 2.24. The van der Waals surface area contributed by atoms with Crippen LogP contribution < -0.4 is 10.9 Å². The molecule has 1 aliphatic rings. The number of nitrogens with one attached hydrogen (secondary N) is 2. The Morgan fingerprint density at radius 3 is 3.00 bits per heavy atom. The van der Waals surface area contributed by atoms with Gasteiger partial charge >= 0.3 is 5.97 Å². The first-order valence-corrected chi connectivity index (χ1v) is 4.36. The van der Waals surface area contributed by atoms with Crippen molar-refractivity contribution in [1.82, 2.24) is 10.4 Å². The Morgan fingerprint density at radius 1 is 1.47 bits per heavy atom. The van der Waals surface area contributed by atoms with E-state index in [9.17, 15) is 4.79 Å². The molecule has 0 saturated carbocycles. The topological polar surface area (TPSA) is 75.6 Å². The number of anilines is 1. The van der Waals surface area contributed by atoms with Gasteiger partial charge in [0.2, 0.25) is 0 Å². The number of carbonyl (C=O) groups is 1. The summed E-state index contributed by atoms with van der Waals surface area (Å²) in [6.07, 6.45) is 1.44. The van der Waals surface area contributed by atoms with E-state index in [1.165, 1.54) is 13.3 Å². The van der Waals surface area contributed by atoms with E-state index in [4.69, 9.17) is 0 Å². The van der Waals surface area contributed by atoms with Gasteiger partial charge < -0.3 is 4.74 Å². The van der Waals surface area contributed by atoms with Gasteiger partial charge in [-0.2, -0.15) is 0 Å². The number of carbonyl (C=O) groups excluding carboxylic acids is 1. The van der Waals surface area contributed by atoms with Crippen LogP contribution in [0.3, 0.4) is 0 Å². The van der Waals surface area contributed by atoms with Gasteiger partial charge in [-0.15, -0.1) is 0 Å². The van der Waals surface area contributed by atoms with E-state index >= 15 is 0 Å². The number of hydrogen-bond donors (Lipinski definition) is 2. The Hall–Kier alpha value is -2.11. The Morgan fingerprint density at radius 2 is 2.27 bits per heavy atom. The molecule has 1 aromatic rings. The average Bonchev–Trinajstić information content (AvgIpc) is 2.27. The van der Waals surface area contributed by atoms with Crippen LogP contribution in [0.5, 0.6) is 0 Å². The standard InChI is InChI=1S/C9H10N4O2/c1-5-11-7-3-6(9(14)15-2)4-10-8(7)13-12-5/h3-4H,1-2H3,(H,10,13)(H,11,12). The molecule has 2 N–H and O–H groups in total. The van der Waals surface area contributed by atoms with Crippen LogP contribution in [0.4, 0.5) is 11.5 Å². The van der Waals surface area contributed by atoms with Gasteiger partial charge in [0.05, 0.1) is 12.7 Å². The van der Waals surface area contributed by atoms with Crippen LogP contribution in [0.25, 0.3) is 0 Å². The quantitative estimate of drug-likeness (QED) is 0.666. The lowest BCUT2D eigenvalue weighted by Gasteiger charge is -2.16. The zero-order valence-electron chi connectivity index (χ0n) is 8.37. The summed E-state index contributed by atoms with van der Waals surface area (Å²) in [6.45, 7) is 1.81. The number of fused-ring (bicyclic) bond motifs is 1. The Labute approximate surface area is 86.3 Å². The zero-order valence-corrected chi connectivity index (χ0v) is 8.37. The normalized spacial score (nSPS) is 13.1. The van der Waals surface area contributed by atoms with Gasteiger partial charge in [-0.25, -0.2) is 14.8 Å². The summed E-state index contributed by atoms with van der Waals surface area (Å²) in [4.78, 5) is 19.5. The summed E-state index contributed by atoms with van der Waals surface area (Å²) in [6, 6.07) is 1.63. The van der Waals surface area contributed by atoms with Gasteiger partial charge in [0, 0.05) is 6.20 Å². The summed E-state index contributed by atoms with van der Waals surface area (Å²) < 4.78 is 4.59. The van der Waals surface area contributed by atoms with Gasteiger partial charge in [0.25, 0.3) is 0 Å². The predicted molar refractivity (Wildman–Crippen MR) is 55.1 cm³/mol. The summed E-state index contributed by atoms with van der Waals surface area (Å²) in [7, 11) is 1.33. The maximum Gasteiger partial charge on any atom is 0.339 e. The van der Waals surface area contributed by atoms with E-state index in [1.807, 2.05) is 0 Å². The second kappa shape index (κ2) is 3.56. The minimum atomic E-state index is -0.420. The molecule has 0 fully saturated rings. The molecule has 0 radical (unpaired) electrons. The second-order valence-electron chi connectivity index (χ2n) is 3.03. The van der Waals surface area contributed by atoms with Crippen LogP contribution >= 0.6 is 0 Å². The highest BCUT2D eigenvalue weighted by Gasteiger charge is 2.13. The third-order valence-electron chi connectivity index (χ3n) is 1.94. The summed E-state index contributed by atoms with van der Waals surface area (Å²) in [5, 5.41) is 0. The van der Waals surface area contributed by atoms with Crippen LogP contribution in [0.15, 0.2) is 17.3 Å². The fourth-order valence-corrected chi connectivity index (χ4v) is 1.22. The predicted octanol–water partition coefficient (Wildman–Crippen LogP) is 0.848. The molecule has 6 heteroatoms. The van der Waals surface area contributed by atoms with Gasteiger partial charge in [0.15, 0.2) is 5.82 Å². The van der Waals surface area contributed by atoms with Gasteiger partial charge in [-0.05, 0) is 13.0 Å². The minimum Gasteiger partial charge on any atom is -0.465 e. The van der Waals surface area contributed by atoms with E-state index in [0.717, 1.165) is 0 Å². The lowest BCUT2D eigenvalue weighted by Crippen LogP contribution is -2.30. The number of hydrazine groups is 1. The number of pyridine rings is 1. The first-order chi connectivity index (χ1) is 7.20. The number of ether oxygens (including phenoxy) is 1. The molecule has 6 nitrogen and oxygen atoms in total. The van der Waals surface area contributed by atoms with E-state index in [2.05, 4.69) is 25.6 Å². The molecule has 0 spiro atoms. The van der Waals surface area contributed by atoms with E-state index in [0.29, 0.717) is 22.9 Å². The molecule has 0 atom stereocenters. The third kappa shape index (κ3) is 1.74. The summed E-state index contributed by atoms with van der Waals surface area (Å²) >= 11 is 0. The highest BCUT2D eigenvalue weighted by molar-refractivity contribution is 5.93. The maximum absolute atomic E-state index is 11.2. The molecule has 2 rings (SSSR count). The minimum absolute atomic E-state index is 0.386. The summed E-state index contributed by atoms with van der Waals surface area (Å²) in [5.41, 5.74) is 6.68. The molecular weight excluding hydrogens is 196 g/mol. The number of aromatic nitrogens is 1. The molecule has 1 aromatic heterocycles. The van der Waals surface area contributed by atoms with Crippen molar-refractivity contribution < 1.29 is 9.53 Å². The van der Waals surface area contributed by atoms with Crippen molar-refractivity contribution in [2.24, 2.45) is 4.99 Å². The number of amidine groups is 1. The number of esters is 1. The molecule has 0 amide bonds. The zero-order chi connectivity index (χ0) is 10.8. The SMILES string of the molecule is COC(=O)c1cnc2c(c1)N=C(C)NN2. The number of hydrogen-bond acceptors (Lipinski definition) is 6. The van der Waals surface area contributed by atoms with Crippen molar-refractivity contribution in [3.8, 4) is 0 Å². The molecule has 15 heavy (non-hydrogen) atoms. The van der Waals surface area contributed by atoms with Crippen LogP contribution in [-0.4, -0.2) is 23.9 Å². The highest BCUT2D eigenvalue weighted by atomic mass is 16.5. The van der Waals surface area contributed by atoms with Crippen molar-refractivity contribution >= 4 is 23.3 Å². The van der Waals surface area contributed by atoms with E-state index in [-0.39, 0.29) is 0 Å². The summed E-state index contributed by atoms with van der Waals surface area (Å²) in [5.74, 6) is 0.885. The molecule has 78 valence electrons. The van der Waals surface area contributed by atoms with Crippen molar-refractivity contribution in [1.29, 1.82) is 0 Å². The van der Waals surface area contributed by atoms with Crippen LogP contribution in [0, 0.1) is 0 Å².